The van der Waals surface area contributed by atoms with Gasteiger partial charge in [0.25, 0.3) is 0 Å². The molecule has 3 heteroatoms. The lowest BCUT2D eigenvalue weighted by molar-refractivity contribution is -0.209. The monoisotopic (exact) mass is 285 g/mol. The standard InChI is InChI=1S/C18H23NO2/c1-15-17(19-12-11-18(15)20-13-14-21-18)10-6-5-9-16-7-3-2-4-8-16/h2-10,15,17,19H,11-14H2,1H3/b9-5+,10-6+/t15?,17-/m1/s1. The molecule has 1 aromatic carbocycles. The molecule has 2 saturated heterocycles. The SMILES string of the molecule is CC1[C@@H](/C=C/C=C/c2ccccc2)NCCC12OCCO2. The Bertz CT molecular complexity index is 503. The van der Waals surface area contributed by atoms with Crippen LogP contribution in [0.25, 0.3) is 6.08 Å². The van der Waals surface area contributed by atoms with Crippen LogP contribution in [0.15, 0.2) is 48.6 Å². The van der Waals surface area contributed by atoms with Gasteiger partial charge in [0, 0.05) is 24.9 Å². The molecule has 0 amide bonds. The molecule has 0 bridgehead atoms. The van der Waals surface area contributed by atoms with Crippen LogP contribution in [-0.4, -0.2) is 31.6 Å². The molecule has 1 unspecified atom stereocenters. The summed E-state index contributed by atoms with van der Waals surface area (Å²) in [7, 11) is 0. The third kappa shape index (κ3) is 3.26. The number of benzene rings is 1. The maximum atomic E-state index is 5.89. The second kappa shape index (κ2) is 6.56. The van der Waals surface area contributed by atoms with Crippen molar-refractivity contribution in [1.82, 2.24) is 5.32 Å². The molecule has 2 atom stereocenters. The first-order chi connectivity index (χ1) is 10.3. The van der Waals surface area contributed by atoms with E-state index in [0.29, 0.717) is 19.1 Å². The summed E-state index contributed by atoms with van der Waals surface area (Å²) in [4.78, 5) is 0. The lowest BCUT2D eigenvalue weighted by atomic mass is 9.86. The average Bonchev–Trinajstić information content (AvgIpc) is 2.98. The van der Waals surface area contributed by atoms with E-state index in [1.165, 1.54) is 5.56 Å². The fraction of sp³-hybridized carbons (Fsp3) is 0.444. The van der Waals surface area contributed by atoms with E-state index < -0.39 is 0 Å². The van der Waals surface area contributed by atoms with Crippen molar-refractivity contribution in [3.05, 3.63) is 54.1 Å². The molecular formula is C18H23NO2. The molecule has 3 nitrogen and oxygen atoms in total. The molecule has 2 aliphatic heterocycles. The van der Waals surface area contributed by atoms with E-state index in [0.717, 1.165) is 13.0 Å². The van der Waals surface area contributed by atoms with Crippen molar-refractivity contribution >= 4 is 6.08 Å². The molecule has 0 aromatic heterocycles. The molecule has 112 valence electrons. The molecule has 2 aliphatic rings. The van der Waals surface area contributed by atoms with E-state index in [1.54, 1.807) is 0 Å². The topological polar surface area (TPSA) is 30.5 Å². The zero-order chi connectivity index (χ0) is 14.5. The summed E-state index contributed by atoms with van der Waals surface area (Å²) in [5.41, 5.74) is 1.21. The summed E-state index contributed by atoms with van der Waals surface area (Å²) in [6.45, 7) is 4.57. The van der Waals surface area contributed by atoms with Crippen LogP contribution < -0.4 is 5.32 Å². The van der Waals surface area contributed by atoms with Gasteiger partial charge in [-0.05, 0) is 5.56 Å². The van der Waals surface area contributed by atoms with Gasteiger partial charge >= 0.3 is 0 Å². The van der Waals surface area contributed by atoms with Gasteiger partial charge in [-0.15, -0.1) is 0 Å². The molecule has 2 heterocycles. The number of hydrogen-bond acceptors (Lipinski definition) is 3. The molecule has 0 aliphatic carbocycles. The number of ether oxygens (including phenoxy) is 2. The Morgan fingerprint density at radius 3 is 2.67 bits per heavy atom. The van der Waals surface area contributed by atoms with Crippen LogP contribution in [0.5, 0.6) is 0 Å². The number of rotatable bonds is 3. The minimum Gasteiger partial charge on any atom is -0.347 e. The van der Waals surface area contributed by atoms with E-state index in [1.807, 2.05) is 18.2 Å². The summed E-state index contributed by atoms with van der Waals surface area (Å²) < 4.78 is 11.8. The highest BCUT2D eigenvalue weighted by Crippen LogP contribution is 2.36. The predicted octanol–water partition coefficient (Wildman–Crippen LogP) is 3.00. The summed E-state index contributed by atoms with van der Waals surface area (Å²) in [5, 5.41) is 3.54. The lowest BCUT2D eigenvalue weighted by Crippen LogP contribution is -2.55. The van der Waals surface area contributed by atoms with Gasteiger partial charge in [-0.25, -0.2) is 0 Å². The van der Waals surface area contributed by atoms with E-state index in [2.05, 4.69) is 48.7 Å². The molecule has 1 aromatic rings. The van der Waals surface area contributed by atoms with Gasteiger partial charge in [-0.3, -0.25) is 0 Å². The van der Waals surface area contributed by atoms with E-state index in [-0.39, 0.29) is 11.8 Å². The van der Waals surface area contributed by atoms with Crippen LogP contribution in [0.3, 0.4) is 0 Å². The first kappa shape index (κ1) is 14.5. The van der Waals surface area contributed by atoms with Crippen LogP contribution in [0.1, 0.15) is 18.9 Å². The van der Waals surface area contributed by atoms with E-state index in [4.69, 9.17) is 9.47 Å². The fourth-order valence-electron chi connectivity index (χ4n) is 3.12. The predicted molar refractivity (Wildman–Crippen MR) is 84.8 cm³/mol. The maximum Gasteiger partial charge on any atom is 0.174 e. The van der Waals surface area contributed by atoms with Crippen LogP contribution in [0, 0.1) is 5.92 Å². The van der Waals surface area contributed by atoms with Crippen LogP contribution in [-0.2, 0) is 9.47 Å². The smallest absolute Gasteiger partial charge is 0.174 e. The molecule has 0 radical (unpaired) electrons. The maximum absolute atomic E-state index is 5.89. The highest BCUT2D eigenvalue weighted by Gasteiger charge is 2.46. The minimum absolute atomic E-state index is 0.289. The first-order valence-electron chi connectivity index (χ1n) is 7.71. The third-order valence-corrected chi connectivity index (χ3v) is 4.38. The van der Waals surface area contributed by atoms with Crippen molar-refractivity contribution in [3.8, 4) is 0 Å². The molecule has 1 spiro atoms. The second-order valence-electron chi connectivity index (χ2n) is 5.68. The van der Waals surface area contributed by atoms with Gasteiger partial charge in [-0.1, -0.05) is 61.6 Å². The summed E-state index contributed by atoms with van der Waals surface area (Å²) in [6, 6.07) is 10.6. The normalized spacial score (nSPS) is 28.8. The second-order valence-corrected chi connectivity index (χ2v) is 5.68. The molecular weight excluding hydrogens is 262 g/mol. The highest BCUT2D eigenvalue weighted by atomic mass is 16.7. The average molecular weight is 285 g/mol. The fourth-order valence-corrected chi connectivity index (χ4v) is 3.12. The lowest BCUT2D eigenvalue weighted by Gasteiger charge is -2.42. The zero-order valence-corrected chi connectivity index (χ0v) is 12.5. The van der Waals surface area contributed by atoms with Gasteiger partial charge in [0.1, 0.15) is 0 Å². The number of allylic oxidation sites excluding steroid dienone is 2. The van der Waals surface area contributed by atoms with Crippen LogP contribution >= 0.6 is 0 Å². The number of hydrogen-bond donors (Lipinski definition) is 1. The number of piperidine rings is 1. The van der Waals surface area contributed by atoms with Gasteiger partial charge in [0.2, 0.25) is 0 Å². The first-order valence-corrected chi connectivity index (χ1v) is 7.71. The van der Waals surface area contributed by atoms with E-state index in [9.17, 15) is 0 Å². The summed E-state index contributed by atoms with van der Waals surface area (Å²) in [5.74, 6) is -0.0567. The third-order valence-electron chi connectivity index (χ3n) is 4.38. The Balaban J connectivity index is 1.61. The van der Waals surface area contributed by atoms with Gasteiger partial charge < -0.3 is 14.8 Å². The Labute approximate surface area is 126 Å². The van der Waals surface area contributed by atoms with Gasteiger partial charge in [-0.2, -0.15) is 0 Å². The largest absolute Gasteiger partial charge is 0.347 e. The Kier molecular flexibility index (Phi) is 4.54. The van der Waals surface area contributed by atoms with Gasteiger partial charge in [0.05, 0.1) is 13.2 Å². The highest BCUT2D eigenvalue weighted by molar-refractivity contribution is 5.50. The van der Waals surface area contributed by atoms with Crippen molar-refractivity contribution in [1.29, 1.82) is 0 Å². The van der Waals surface area contributed by atoms with Crippen molar-refractivity contribution in [2.75, 3.05) is 19.8 Å². The summed E-state index contributed by atoms with van der Waals surface area (Å²) in [6.07, 6.45) is 9.44. The molecule has 0 saturated carbocycles. The Morgan fingerprint density at radius 2 is 1.90 bits per heavy atom. The molecule has 21 heavy (non-hydrogen) atoms. The quantitative estimate of drug-likeness (QED) is 0.866. The Hall–Kier alpha value is -1.42. The molecule has 2 fully saturated rings. The van der Waals surface area contributed by atoms with Crippen LogP contribution in [0.4, 0.5) is 0 Å². The van der Waals surface area contributed by atoms with Crippen molar-refractivity contribution < 1.29 is 9.47 Å². The van der Waals surface area contributed by atoms with Crippen molar-refractivity contribution in [2.24, 2.45) is 5.92 Å². The van der Waals surface area contributed by atoms with Crippen LogP contribution in [0.2, 0.25) is 0 Å². The minimum atomic E-state index is -0.372. The van der Waals surface area contributed by atoms with Gasteiger partial charge in [0.15, 0.2) is 5.79 Å². The number of nitrogens with one attached hydrogen (secondary N) is 1. The molecule has 1 N–H and O–H groups in total. The van der Waals surface area contributed by atoms with Crippen molar-refractivity contribution in [3.63, 3.8) is 0 Å². The zero-order valence-electron chi connectivity index (χ0n) is 12.5. The van der Waals surface area contributed by atoms with Crippen molar-refractivity contribution in [2.45, 2.75) is 25.2 Å². The van der Waals surface area contributed by atoms with E-state index >= 15 is 0 Å². The Morgan fingerprint density at radius 1 is 1.14 bits per heavy atom. The molecule has 3 rings (SSSR count). The summed E-state index contributed by atoms with van der Waals surface area (Å²) >= 11 is 0.